The number of unbranched alkanes of at least 4 members (excludes halogenated alkanes) is 1. The van der Waals surface area contributed by atoms with Gasteiger partial charge in [-0.15, -0.1) is 0 Å². The number of benzene rings is 1. The quantitative estimate of drug-likeness (QED) is 0.790. The minimum Gasteiger partial charge on any atom is -0.497 e. The fourth-order valence-electron chi connectivity index (χ4n) is 1.60. The number of nitrogens with zero attached hydrogens (tertiary/aromatic N) is 1. The molecule has 1 rings (SSSR count). The molecular weight excluding hydrogens is 266 g/mol. The summed E-state index contributed by atoms with van der Waals surface area (Å²) in [5.41, 5.74) is 1.28. The average Bonchev–Trinajstić information content (AvgIpc) is 2.29. The summed E-state index contributed by atoms with van der Waals surface area (Å²) >= 11 is 3.57. The first-order valence-electron chi connectivity index (χ1n) is 5.68. The second-order valence-electron chi connectivity index (χ2n) is 4.05. The third-order valence-electron chi connectivity index (χ3n) is 2.59. The monoisotopic (exact) mass is 285 g/mol. The molecule has 1 aromatic carbocycles. The SMILES string of the molecule is CCCCN(C)Cc1cc(OC)ccc1Br. The van der Waals surface area contributed by atoms with Crippen molar-refractivity contribution in [3.63, 3.8) is 0 Å². The van der Waals surface area contributed by atoms with E-state index in [1.54, 1.807) is 7.11 Å². The van der Waals surface area contributed by atoms with Crippen LogP contribution in [0.5, 0.6) is 5.75 Å². The third-order valence-corrected chi connectivity index (χ3v) is 3.36. The smallest absolute Gasteiger partial charge is 0.119 e. The molecule has 0 amide bonds. The molecule has 0 spiro atoms. The van der Waals surface area contributed by atoms with Gasteiger partial charge in [-0.05, 0) is 43.8 Å². The molecule has 16 heavy (non-hydrogen) atoms. The van der Waals surface area contributed by atoms with Crippen molar-refractivity contribution in [2.24, 2.45) is 0 Å². The number of halogens is 1. The van der Waals surface area contributed by atoms with Crippen LogP contribution < -0.4 is 4.74 Å². The number of hydrogen-bond acceptors (Lipinski definition) is 2. The highest BCUT2D eigenvalue weighted by Crippen LogP contribution is 2.23. The molecule has 2 nitrogen and oxygen atoms in total. The molecule has 3 heteroatoms. The van der Waals surface area contributed by atoms with Crippen LogP contribution in [0.15, 0.2) is 22.7 Å². The molecule has 0 saturated carbocycles. The Morgan fingerprint density at radius 3 is 2.75 bits per heavy atom. The van der Waals surface area contributed by atoms with Crippen molar-refractivity contribution in [3.05, 3.63) is 28.2 Å². The van der Waals surface area contributed by atoms with Gasteiger partial charge in [0.05, 0.1) is 7.11 Å². The Morgan fingerprint density at radius 2 is 2.12 bits per heavy atom. The predicted octanol–water partition coefficient (Wildman–Crippen LogP) is 3.69. The molecular formula is C13H20BrNO. The van der Waals surface area contributed by atoms with Crippen molar-refractivity contribution < 1.29 is 4.74 Å². The van der Waals surface area contributed by atoms with Gasteiger partial charge in [-0.2, -0.15) is 0 Å². The van der Waals surface area contributed by atoms with Gasteiger partial charge < -0.3 is 9.64 Å². The van der Waals surface area contributed by atoms with Gasteiger partial charge in [0.2, 0.25) is 0 Å². The topological polar surface area (TPSA) is 12.5 Å². The van der Waals surface area contributed by atoms with Crippen molar-refractivity contribution in [3.8, 4) is 5.75 Å². The highest BCUT2D eigenvalue weighted by molar-refractivity contribution is 9.10. The molecule has 0 fully saturated rings. The third kappa shape index (κ3) is 4.14. The summed E-state index contributed by atoms with van der Waals surface area (Å²) in [5, 5.41) is 0. The molecule has 0 N–H and O–H groups in total. The highest BCUT2D eigenvalue weighted by atomic mass is 79.9. The minimum absolute atomic E-state index is 0.919. The summed E-state index contributed by atoms with van der Waals surface area (Å²) in [6, 6.07) is 6.11. The van der Waals surface area contributed by atoms with E-state index in [0.717, 1.165) is 23.3 Å². The molecule has 0 aliphatic heterocycles. The molecule has 0 heterocycles. The highest BCUT2D eigenvalue weighted by Gasteiger charge is 2.05. The zero-order valence-corrected chi connectivity index (χ0v) is 11.9. The molecule has 0 unspecified atom stereocenters. The maximum Gasteiger partial charge on any atom is 0.119 e. The number of rotatable bonds is 6. The van der Waals surface area contributed by atoms with Gasteiger partial charge in [-0.1, -0.05) is 29.3 Å². The van der Waals surface area contributed by atoms with Crippen LogP contribution in [0.2, 0.25) is 0 Å². The van der Waals surface area contributed by atoms with E-state index in [2.05, 4.69) is 40.9 Å². The van der Waals surface area contributed by atoms with E-state index in [1.165, 1.54) is 18.4 Å². The zero-order valence-electron chi connectivity index (χ0n) is 10.3. The first-order chi connectivity index (χ1) is 7.67. The molecule has 0 saturated heterocycles. The molecule has 90 valence electrons. The lowest BCUT2D eigenvalue weighted by atomic mass is 10.2. The van der Waals surface area contributed by atoms with Crippen LogP contribution in [0, 0.1) is 0 Å². The molecule has 1 aromatic rings. The second kappa shape index (κ2) is 6.92. The summed E-state index contributed by atoms with van der Waals surface area (Å²) in [4.78, 5) is 2.34. The van der Waals surface area contributed by atoms with Crippen LogP contribution in [0.3, 0.4) is 0 Å². The van der Waals surface area contributed by atoms with E-state index in [1.807, 2.05) is 12.1 Å². The fraction of sp³-hybridized carbons (Fsp3) is 0.538. The Hall–Kier alpha value is -0.540. The molecule has 0 atom stereocenters. The Labute approximate surface area is 107 Å². The van der Waals surface area contributed by atoms with Crippen LogP contribution in [-0.2, 0) is 6.54 Å². The average molecular weight is 286 g/mol. The lowest BCUT2D eigenvalue weighted by Crippen LogP contribution is -2.19. The lowest BCUT2D eigenvalue weighted by Gasteiger charge is -2.17. The molecule has 0 aromatic heterocycles. The summed E-state index contributed by atoms with van der Waals surface area (Å²) in [5.74, 6) is 0.919. The van der Waals surface area contributed by atoms with Crippen molar-refractivity contribution in [1.29, 1.82) is 0 Å². The van der Waals surface area contributed by atoms with Gasteiger partial charge in [0.25, 0.3) is 0 Å². The molecule has 0 aliphatic rings. The fourth-order valence-corrected chi connectivity index (χ4v) is 1.97. The van der Waals surface area contributed by atoms with Gasteiger partial charge in [0, 0.05) is 11.0 Å². The van der Waals surface area contributed by atoms with E-state index in [0.29, 0.717) is 0 Å². The first kappa shape index (κ1) is 13.5. The number of methoxy groups -OCH3 is 1. The van der Waals surface area contributed by atoms with Crippen LogP contribution >= 0.6 is 15.9 Å². The van der Waals surface area contributed by atoms with E-state index in [4.69, 9.17) is 4.74 Å². The van der Waals surface area contributed by atoms with Crippen molar-refractivity contribution in [1.82, 2.24) is 4.90 Å². The van der Waals surface area contributed by atoms with Crippen LogP contribution in [-0.4, -0.2) is 25.6 Å². The second-order valence-corrected chi connectivity index (χ2v) is 4.90. The summed E-state index contributed by atoms with van der Waals surface area (Å²) < 4.78 is 6.38. The maximum atomic E-state index is 5.23. The van der Waals surface area contributed by atoms with Crippen molar-refractivity contribution in [2.75, 3.05) is 20.7 Å². The standard InChI is InChI=1S/C13H20BrNO/c1-4-5-8-15(2)10-11-9-12(16-3)6-7-13(11)14/h6-7,9H,4-5,8,10H2,1-3H3. The van der Waals surface area contributed by atoms with Crippen LogP contribution in [0.4, 0.5) is 0 Å². The molecule has 0 aliphatic carbocycles. The largest absolute Gasteiger partial charge is 0.497 e. The van der Waals surface area contributed by atoms with E-state index in [9.17, 15) is 0 Å². The Morgan fingerprint density at radius 1 is 1.38 bits per heavy atom. The van der Waals surface area contributed by atoms with Crippen molar-refractivity contribution in [2.45, 2.75) is 26.3 Å². The van der Waals surface area contributed by atoms with E-state index in [-0.39, 0.29) is 0 Å². The number of hydrogen-bond donors (Lipinski definition) is 0. The molecule has 0 bridgehead atoms. The predicted molar refractivity (Wildman–Crippen MR) is 71.9 cm³/mol. The normalized spacial score (nSPS) is 10.8. The lowest BCUT2D eigenvalue weighted by molar-refractivity contribution is 0.319. The number of ether oxygens (including phenoxy) is 1. The summed E-state index contributed by atoms with van der Waals surface area (Å²) in [6.07, 6.45) is 2.49. The van der Waals surface area contributed by atoms with Gasteiger partial charge >= 0.3 is 0 Å². The Bertz CT molecular complexity index is 328. The van der Waals surface area contributed by atoms with Gasteiger partial charge in [0.15, 0.2) is 0 Å². The van der Waals surface area contributed by atoms with E-state index >= 15 is 0 Å². The first-order valence-corrected chi connectivity index (χ1v) is 6.47. The van der Waals surface area contributed by atoms with Gasteiger partial charge in [0.1, 0.15) is 5.75 Å². The molecule has 0 radical (unpaired) electrons. The summed E-state index contributed by atoms with van der Waals surface area (Å²) in [6.45, 7) is 4.31. The van der Waals surface area contributed by atoms with Crippen molar-refractivity contribution >= 4 is 15.9 Å². The Balaban J connectivity index is 2.64. The van der Waals surface area contributed by atoms with Gasteiger partial charge in [-0.3, -0.25) is 0 Å². The van der Waals surface area contributed by atoms with Crippen LogP contribution in [0.25, 0.3) is 0 Å². The van der Waals surface area contributed by atoms with Crippen LogP contribution in [0.1, 0.15) is 25.3 Å². The van der Waals surface area contributed by atoms with E-state index < -0.39 is 0 Å². The zero-order chi connectivity index (χ0) is 12.0. The maximum absolute atomic E-state index is 5.23. The summed E-state index contributed by atoms with van der Waals surface area (Å²) in [7, 11) is 3.86. The van der Waals surface area contributed by atoms with Gasteiger partial charge in [-0.25, -0.2) is 0 Å². The Kier molecular flexibility index (Phi) is 5.85. The minimum atomic E-state index is 0.919.